The normalized spacial score (nSPS) is 18.0. The summed E-state index contributed by atoms with van der Waals surface area (Å²) in [7, 11) is 0. The van der Waals surface area contributed by atoms with Gasteiger partial charge in [0.05, 0.1) is 23.5 Å². The van der Waals surface area contributed by atoms with E-state index in [1.54, 1.807) is 24.7 Å². The number of nitrogens with zero attached hydrogens (tertiary/aromatic N) is 2. The fourth-order valence-electron chi connectivity index (χ4n) is 2.63. The molecule has 1 fully saturated rings. The van der Waals surface area contributed by atoms with Gasteiger partial charge in [-0.3, -0.25) is 9.78 Å². The highest BCUT2D eigenvalue weighted by molar-refractivity contribution is 6.33. The molecule has 1 atom stereocenters. The molecule has 2 aromatic rings. The Bertz CT molecular complexity index is 615. The van der Waals surface area contributed by atoms with Gasteiger partial charge in [-0.1, -0.05) is 11.6 Å². The fraction of sp³-hybridized carbons (Fsp3) is 0.333. The van der Waals surface area contributed by atoms with Gasteiger partial charge in [0, 0.05) is 18.9 Å². The van der Waals surface area contributed by atoms with Crippen molar-refractivity contribution in [2.45, 2.75) is 25.4 Å². The van der Waals surface area contributed by atoms with Crippen molar-refractivity contribution >= 4 is 23.2 Å². The Morgan fingerprint density at radius 2 is 2.43 bits per heavy atom. The zero-order valence-corrected chi connectivity index (χ0v) is 12.2. The maximum atomic E-state index is 12.4. The zero-order valence-electron chi connectivity index (χ0n) is 11.5. The Morgan fingerprint density at radius 3 is 3.19 bits per heavy atom. The molecule has 6 heteroatoms. The average Bonchev–Trinajstić information content (AvgIpc) is 3.16. The summed E-state index contributed by atoms with van der Waals surface area (Å²) in [5, 5.41) is 3.49. The average molecular weight is 306 g/mol. The second kappa shape index (κ2) is 6.18. The number of carbonyl (C=O) groups is 1. The van der Waals surface area contributed by atoms with E-state index >= 15 is 0 Å². The van der Waals surface area contributed by atoms with Crippen molar-refractivity contribution in [3.8, 4) is 0 Å². The molecule has 0 saturated carbocycles. The van der Waals surface area contributed by atoms with Crippen LogP contribution in [0.1, 0.15) is 18.6 Å². The highest BCUT2D eigenvalue weighted by atomic mass is 35.5. The van der Waals surface area contributed by atoms with E-state index in [9.17, 15) is 4.79 Å². The number of pyridine rings is 1. The molecule has 1 saturated heterocycles. The van der Waals surface area contributed by atoms with Gasteiger partial charge in [0.2, 0.25) is 5.91 Å². The number of amides is 1. The van der Waals surface area contributed by atoms with E-state index in [1.165, 1.54) is 0 Å². The number of aromatic nitrogens is 1. The van der Waals surface area contributed by atoms with E-state index in [-0.39, 0.29) is 11.9 Å². The van der Waals surface area contributed by atoms with Crippen molar-refractivity contribution in [2.24, 2.45) is 0 Å². The van der Waals surface area contributed by atoms with E-state index in [1.807, 2.05) is 17.0 Å². The first-order valence-electron chi connectivity index (χ1n) is 6.92. The topological polar surface area (TPSA) is 58.4 Å². The SMILES string of the molecule is O=C(NCc1ccco1)[C@@H]1CCCN1c1ccncc1Cl. The summed E-state index contributed by atoms with van der Waals surface area (Å²) in [4.78, 5) is 18.4. The Labute approximate surface area is 127 Å². The predicted molar refractivity (Wildman–Crippen MR) is 80.2 cm³/mol. The highest BCUT2D eigenvalue weighted by Gasteiger charge is 2.31. The van der Waals surface area contributed by atoms with Gasteiger partial charge in [-0.15, -0.1) is 0 Å². The Morgan fingerprint density at radius 1 is 1.52 bits per heavy atom. The lowest BCUT2D eigenvalue weighted by atomic mass is 10.2. The van der Waals surface area contributed by atoms with Gasteiger partial charge < -0.3 is 14.6 Å². The lowest BCUT2D eigenvalue weighted by Crippen LogP contribution is -2.43. The van der Waals surface area contributed by atoms with Crippen LogP contribution in [0.15, 0.2) is 41.3 Å². The molecule has 0 spiro atoms. The number of rotatable bonds is 4. The summed E-state index contributed by atoms with van der Waals surface area (Å²) in [6.45, 7) is 1.23. The largest absolute Gasteiger partial charge is 0.467 e. The van der Waals surface area contributed by atoms with Crippen molar-refractivity contribution in [3.05, 3.63) is 47.6 Å². The summed E-state index contributed by atoms with van der Waals surface area (Å²) in [6, 6.07) is 5.30. The number of hydrogen-bond donors (Lipinski definition) is 1. The first kappa shape index (κ1) is 13.9. The molecule has 2 aromatic heterocycles. The minimum Gasteiger partial charge on any atom is -0.467 e. The summed E-state index contributed by atoms with van der Waals surface area (Å²) in [5.41, 5.74) is 0.863. The number of furan rings is 1. The second-order valence-electron chi connectivity index (χ2n) is 4.98. The van der Waals surface area contributed by atoms with Gasteiger partial charge in [-0.2, -0.15) is 0 Å². The molecule has 3 heterocycles. The molecule has 0 bridgehead atoms. The van der Waals surface area contributed by atoms with Crippen molar-refractivity contribution in [3.63, 3.8) is 0 Å². The van der Waals surface area contributed by atoms with E-state index in [2.05, 4.69) is 10.3 Å². The van der Waals surface area contributed by atoms with Gasteiger partial charge in [0.25, 0.3) is 0 Å². The monoisotopic (exact) mass is 305 g/mol. The maximum absolute atomic E-state index is 12.4. The van der Waals surface area contributed by atoms with Crippen LogP contribution < -0.4 is 10.2 Å². The van der Waals surface area contributed by atoms with Gasteiger partial charge in [0.1, 0.15) is 11.8 Å². The maximum Gasteiger partial charge on any atom is 0.243 e. The number of halogens is 1. The minimum atomic E-state index is -0.195. The lowest BCUT2D eigenvalue weighted by Gasteiger charge is -2.26. The van der Waals surface area contributed by atoms with Gasteiger partial charge in [-0.25, -0.2) is 0 Å². The Balaban J connectivity index is 1.69. The quantitative estimate of drug-likeness (QED) is 0.943. The van der Waals surface area contributed by atoms with Crippen LogP contribution in [-0.2, 0) is 11.3 Å². The number of nitrogens with one attached hydrogen (secondary N) is 1. The summed E-state index contributed by atoms with van der Waals surface area (Å²) >= 11 is 6.18. The lowest BCUT2D eigenvalue weighted by molar-refractivity contribution is -0.122. The van der Waals surface area contributed by atoms with E-state index in [0.717, 1.165) is 30.8 Å². The van der Waals surface area contributed by atoms with Crippen molar-refractivity contribution in [1.29, 1.82) is 0 Å². The van der Waals surface area contributed by atoms with Crippen LogP contribution in [0.3, 0.4) is 0 Å². The highest BCUT2D eigenvalue weighted by Crippen LogP contribution is 2.31. The smallest absolute Gasteiger partial charge is 0.243 e. The van der Waals surface area contributed by atoms with E-state index < -0.39 is 0 Å². The Kier molecular flexibility index (Phi) is 4.10. The summed E-state index contributed by atoms with van der Waals surface area (Å²) in [5.74, 6) is 0.742. The van der Waals surface area contributed by atoms with Crippen LogP contribution in [0.4, 0.5) is 5.69 Å². The Hall–Kier alpha value is -2.01. The summed E-state index contributed by atoms with van der Waals surface area (Å²) in [6.07, 6.45) is 6.69. The first-order chi connectivity index (χ1) is 10.3. The molecule has 1 aliphatic heterocycles. The number of hydrogen-bond acceptors (Lipinski definition) is 4. The third kappa shape index (κ3) is 3.03. The molecule has 0 radical (unpaired) electrons. The molecule has 0 aliphatic carbocycles. The molecule has 3 rings (SSSR count). The van der Waals surface area contributed by atoms with E-state index in [4.69, 9.17) is 16.0 Å². The van der Waals surface area contributed by atoms with Gasteiger partial charge >= 0.3 is 0 Å². The van der Waals surface area contributed by atoms with Crippen molar-refractivity contribution in [2.75, 3.05) is 11.4 Å². The van der Waals surface area contributed by atoms with Crippen molar-refractivity contribution < 1.29 is 9.21 Å². The summed E-state index contributed by atoms with van der Waals surface area (Å²) < 4.78 is 5.22. The number of carbonyl (C=O) groups excluding carboxylic acids is 1. The molecule has 1 amide bonds. The van der Waals surface area contributed by atoms with Crippen LogP contribution in [0, 0.1) is 0 Å². The molecule has 1 N–H and O–H groups in total. The molecular weight excluding hydrogens is 290 g/mol. The molecular formula is C15H16ClN3O2. The zero-order chi connectivity index (χ0) is 14.7. The van der Waals surface area contributed by atoms with Crippen LogP contribution in [0.25, 0.3) is 0 Å². The molecule has 0 aromatic carbocycles. The van der Waals surface area contributed by atoms with Gasteiger partial charge in [0.15, 0.2) is 0 Å². The van der Waals surface area contributed by atoms with Crippen LogP contribution in [0.5, 0.6) is 0 Å². The standard InChI is InChI=1S/C15H16ClN3O2/c16-12-10-17-6-5-13(12)19-7-1-4-14(19)15(20)18-9-11-3-2-8-21-11/h2-3,5-6,8,10,14H,1,4,7,9H2,(H,18,20)/t14-/m0/s1. The first-order valence-corrected chi connectivity index (χ1v) is 7.30. The van der Waals surface area contributed by atoms with Crippen LogP contribution in [0.2, 0.25) is 5.02 Å². The fourth-order valence-corrected chi connectivity index (χ4v) is 2.86. The predicted octanol–water partition coefficient (Wildman–Crippen LogP) is 2.61. The molecule has 110 valence electrons. The van der Waals surface area contributed by atoms with Crippen LogP contribution in [-0.4, -0.2) is 23.5 Å². The molecule has 1 aliphatic rings. The van der Waals surface area contributed by atoms with E-state index in [0.29, 0.717) is 11.6 Å². The molecule has 0 unspecified atom stereocenters. The minimum absolute atomic E-state index is 0.00298. The van der Waals surface area contributed by atoms with Crippen molar-refractivity contribution in [1.82, 2.24) is 10.3 Å². The van der Waals surface area contributed by atoms with Crippen LogP contribution >= 0.6 is 11.6 Å². The third-order valence-corrected chi connectivity index (χ3v) is 3.92. The molecule has 21 heavy (non-hydrogen) atoms. The molecule has 5 nitrogen and oxygen atoms in total. The second-order valence-corrected chi connectivity index (χ2v) is 5.38. The van der Waals surface area contributed by atoms with Gasteiger partial charge in [-0.05, 0) is 31.0 Å². The third-order valence-electron chi connectivity index (χ3n) is 3.63. The number of anilines is 1.